The summed E-state index contributed by atoms with van der Waals surface area (Å²) in [6.07, 6.45) is -0.231. The molecule has 2 atom stereocenters. The van der Waals surface area contributed by atoms with Gasteiger partial charge in [0.05, 0.1) is 6.61 Å². The predicted molar refractivity (Wildman–Crippen MR) is 75.4 cm³/mol. The number of hydrogen-bond acceptors (Lipinski definition) is 8. The topological polar surface area (TPSA) is 210 Å². The maximum atomic E-state index is 10.7. The molecule has 0 spiro atoms. The maximum absolute atomic E-state index is 10.7. The lowest BCUT2D eigenvalue weighted by atomic mass is 10.2. The number of carboxylic acids is 3. The molecule has 0 heterocycles. The Morgan fingerprint density at radius 2 is 1.30 bits per heavy atom. The number of carbonyl (C=O) groups is 4. The fraction of sp³-hybridized carbons (Fsp3) is 0.667. The standard InChI is InChI=1S/C7H13NO5.C5H9NO4/c8-5(7(11)12)1-2-6(10)13-4-3-9;6-3(5(9)10)1-2-4(7)8/h5,9H,1-4,8H2,(H,11,12);3H,1-2,6H2,(H,7,8)(H,9,10)/t5-;3-/m00/s1. The predicted octanol–water partition coefficient (Wildman–Crippen LogP) is -2.02. The van der Waals surface area contributed by atoms with Gasteiger partial charge in [-0.2, -0.15) is 0 Å². The quantitative estimate of drug-likeness (QED) is 0.239. The largest absolute Gasteiger partial charge is 0.481 e. The molecule has 11 heteroatoms. The van der Waals surface area contributed by atoms with Crippen LogP contribution in [-0.4, -0.2) is 69.6 Å². The van der Waals surface area contributed by atoms with Gasteiger partial charge in [0.1, 0.15) is 18.7 Å². The Labute approximate surface area is 131 Å². The van der Waals surface area contributed by atoms with Gasteiger partial charge in [-0.25, -0.2) is 0 Å². The van der Waals surface area contributed by atoms with E-state index >= 15 is 0 Å². The summed E-state index contributed by atoms with van der Waals surface area (Å²) in [5.41, 5.74) is 10.1. The van der Waals surface area contributed by atoms with Crippen molar-refractivity contribution in [1.29, 1.82) is 0 Å². The zero-order valence-electron chi connectivity index (χ0n) is 12.4. The minimum atomic E-state index is -1.17. The van der Waals surface area contributed by atoms with Crippen LogP contribution in [0.3, 0.4) is 0 Å². The van der Waals surface area contributed by atoms with Gasteiger partial charge >= 0.3 is 23.9 Å². The first-order valence-electron chi connectivity index (χ1n) is 6.56. The van der Waals surface area contributed by atoms with Gasteiger partial charge in [-0.1, -0.05) is 0 Å². The molecule has 11 nitrogen and oxygen atoms in total. The van der Waals surface area contributed by atoms with Gasteiger partial charge in [-0.3, -0.25) is 19.2 Å². The van der Waals surface area contributed by atoms with Crippen LogP contribution in [0.5, 0.6) is 0 Å². The number of carbonyl (C=O) groups excluding carboxylic acids is 1. The highest BCUT2D eigenvalue weighted by molar-refractivity contribution is 5.75. The number of aliphatic hydroxyl groups excluding tert-OH is 1. The summed E-state index contributed by atoms with van der Waals surface area (Å²) in [4.78, 5) is 40.8. The van der Waals surface area contributed by atoms with Crippen molar-refractivity contribution in [3.05, 3.63) is 0 Å². The molecule has 0 aromatic rings. The van der Waals surface area contributed by atoms with Crippen molar-refractivity contribution < 1.29 is 44.3 Å². The molecule has 0 saturated carbocycles. The van der Waals surface area contributed by atoms with Crippen molar-refractivity contribution in [2.75, 3.05) is 13.2 Å². The monoisotopic (exact) mass is 338 g/mol. The molecule has 8 N–H and O–H groups in total. The lowest BCUT2D eigenvalue weighted by Gasteiger charge is -2.05. The molecule has 0 aromatic carbocycles. The Kier molecular flexibility index (Phi) is 13.4. The van der Waals surface area contributed by atoms with Crippen LogP contribution in [0.4, 0.5) is 0 Å². The highest BCUT2D eigenvalue weighted by Gasteiger charge is 2.14. The molecule has 0 aromatic heterocycles. The van der Waals surface area contributed by atoms with Crippen LogP contribution >= 0.6 is 0 Å². The SMILES string of the molecule is N[C@@H](CCC(=O)O)C(=O)O.N[C@@H](CCC(=O)OCCO)C(=O)O. The minimum Gasteiger partial charge on any atom is -0.481 e. The molecule has 0 bridgehead atoms. The summed E-state index contributed by atoms with van der Waals surface area (Å²) >= 11 is 0. The second-order valence-electron chi connectivity index (χ2n) is 4.30. The van der Waals surface area contributed by atoms with E-state index in [0.29, 0.717) is 0 Å². The summed E-state index contributed by atoms with van der Waals surface area (Å²) in [6, 6.07) is -2.10. The summed E-state index contributed by atoms with van der Waals surface area (Å²) in [7, 11) is 0. The average molecular weight is 338 g/mol. The van der Waals surface area contributed by atoms with Crippen molar-refractivity contribution in [2.24, 2.45) is 11.5 Å². The molecular formula is C12H22N2O9. The van der Waals surface area contributed by atoms with Crippen molar-refractivity contribution in [2.45, 2.75) is 37.8 Å². The first-order chi connectivity index (χ1) is 10.6. The van der Waals surface area contributed by atoms with Gasteiger partial charge in [-0.05, 0) is 12.8 Å². The van der Waals surface area contributed by atoms with E-state index in [1.807, 2.05) is 0 Å². The zero-order chi connectivity index (χ0) is 18.4. The number of aliphatic hydroxyl groups is 1. The third kappa shape index (κ3) is 16.0. The van der Waals surface area contributed by atoms with E-state index < -0.39 is 36.0 Å². The van der Waals surface area contributed by atoms with Crippen molar-refractivity contribution in [3.63, 3.8) is 0 Å². The van der Waals surface area contributed by atoms with E-state index in [4.69, 9.17) is 31.9 Å². The first-order valence-corrected chi connectivity index (χ1v) is 6.56. The van der Waals surface area contributed by atoms with Crippen LogP contribution in [0.25, 0.3) is 0 Å². The lowest BCUT2D eigenvalue weighted by molar-refractivity contribution is -0.145. The molecular weight excluding hydrogens is 316 g/mol. The number of carboxylic acid groups (broad SMARTS) is 3. The fourth-order valence-corrected chi connectivity index (χ4v) is 1.03. The van der Waals surface area contributed by atoms with Gasteiger partial charge < -0.3 is 36.6 Å². The van der Waals surface area contributed by atoms with Crippen LogP contribution in [0.15, 0.2) is 0 Å². The molecule has 0 aliphatic heterocycles. The van der Waals surface area contributed by atoms with Crippen LogP contribution in [-0.2, 0) is 23.9 Å². The van der Waals surface area contributed by atoms with Gasteiger partial charge in [0.25, 0.3) is 0 Å². The van der Waals surface area contributed by atoms with E-state index in [1.165, 1.54) is 0 Å². The fourth-order valence-electron chi connectivity index (χ4n) is 1.03. The smallest absolute Gasteiger partial charge is 0.320 e. The van der Waals surface area contributed by atoms with Gasteiger partial charge in [0.2, 0.25) is 0 Å². The van der Waals surface area contributed by atoms with E-state index in [2.05, 4.69) is 4.74 Å². The number of nitrogens with two attached hydrogens (primary N) is 2. The van der Waals surface area contributed by atoms with Crippen molar-refractivity contribution in [1.82, 2.24) is 0 Å². The Morgan fingerprint density at radius 1 is 0.870 bits per heavy atom. The number of esters is 1. The molecule has 0 fully saturated rings. The summed E-state index contributed by atoms with van der Waals surface area (Å²) < 4.78 is 4.48. The summed E-state index contributed by atoms with van der Waals surface area (Å²) in [5, 5.41) is 32.9. The van der Waals surface area contributed by atoms with E-state index in [1.54, 1.807) is 0 Å². The van der Waals surface area contributed by atoms with Gasteiger partial charge in [0, 0.05) is 12.8 Å². The van der Waals surface area contributed by atoms with Crippen LogP contribution in [0, 0.1) is 0 Å². The average Bonchev–Trinajstić information content (AvgIpc) is 2.48. The van der Waals surface area contributed by atoms with E-state index in [-0.39, 0.29) is 38.9 Å². The lowest BCUT2D eigenvalue weighted by Crippen LogP contribution is -2.30. The molecule has 0 aliphatic carbocycles. The van der Waals surface area contributed by atoms with E-state index in [9.17, 15) is 19.2 Å². The molecule has 0 amide bonds. The number of ether oxygens (including phenoxy) is 1. The maximum Gasteiger partial charge on any atom is 0.320 e. The number of rotatable bonds is 10. The molecule has 0 saturated heterocycles. The van der Waals surface area contributed by atoms with Crippen LogP contribution in [0.1, 0.15) is 25.7 Å². The highest BCUT2D eigenvalue weighted by atomic mass is 16.5. The third-order valence-corrected chi connectivity index (χ3v) is 2.32. The Hall–Kier alpha value is -2.24. The number of aliphatic carboxylic acids is 3. The second-order valence-corrected chi connectivity index (χ2v) is 4.30. The summed E-state index contributed by atoms with van der Waals surface area (Å²) in [6.45, 7) is -0.308. The second kappa shape index (κ2) is 13.4. The molecule has 0 radical (unpaired) electrons. The zero-order valence-corrected chi connectivity index (χ0v) is 12.4. The van der Waals surface area contributed by atoms with Gasteiger partial charge in [0.15, 0.2) is 0 Å². The first kappa shape index (κ1) is 23.0. The normalized spacial score (nSPS) is 12.3. The number of hydrogen-bond donors (Lipinski definition) is 6. The van der Waals surface area contributed by atoms with Crippen molar-refractivity contribution in [3.8, 4) is 0 Å². The summed E-state index contributed by atoms with van der Waals surface area (Å²) in [5.74, 6) is -3.89. The third-order valence-electron chi connectivity index (χ3n) is 2.32. The van der Waals surface area contributed by atoms with Crippen LogP contribution in [0.2, 0.25) is 0 Å². The Bertz CT molecular complexity index is 400. The molecule has 134 valence electrons. The highest BCUT2D eigenvalue weighted by Crippen LogP contribution is 1.97. The molecule has 0 aliphatic rings. The molecule has 23 heavy (non-hydrogen) atoms. The Balaban J connectivity index is 0. The minimum absolute atomic E-state index is 0.0231. The van der Waals surface area contributed by atoms with Crippen molar-refractivity contribution >= 4 is 23.9 Å². The van der Waals surface area contributed by atoms with Crippen LogP contribution < -0.4 is 11.5 Å². The van der Waals surface area contributed by atoms with E-state index in [0.717, 1.165) is 0 Å². The molecule has 0 unspecified atom stereocenters. The van der Waals surface area contributed by atoms with Gasteiger partial charge in [-0.15, -0.1) is 0 Å². The molecule has 0 rings (SSSR count). The Morgan fingerprint density at radius 3 is 1.65 bits per heavy atom.